The fourth-order valence-electron chi connectivity index (χ4n) is 2.23. The number of anilines is 1. The summed E-state index contributed by atoms with van der Waals surface area (Å²) in [6.45, 7) is 4.05. The van der Waals surface area contributed by atoms with Crippen molar-refractivity contribution in [3.63, 3.8) is 0 Å². The monoisotopic (exact) mass is 351 g/mol. The minimum absolute atomic E-state index is 0.206. The first kappa shape index (κ1) is 15.8. The smallest absolute Gasteiger partial charge is 0.139 e. The molecule has 0 fully saturated rings. The highest BCUT2D eigenvalue weighted by Crippen LogP contribution is 2.25. The average molecular weight is 352 g/mol. The highest BCUT2D eigenvalue weighted by atomic mass is 79.9. The molecule has 21 heavy (non-hydrogen) atoms. The van der Waals surface area contributed by atoms with Crippen LogP contribution in [0.25, 0.3) is 0 Å². The molecule has 0 aromatic heterocycles. The van der Waals surface area contributed by atoms with Gasteiger partial charge in [0.05, 0.1) is 11.6 Å². The van der Waals surface area contributed by atoms with E-state index in [4.69, 9.17) is 4.74 Å². The second-order valence-corrected chi connectivity index (χ2v) is 6.03. The molecule has 1 N–H and O–H groups in total. The molecule has 2 aromatic carbocycles. The van der Waals surface area contributed by atoms with Gasteiger partial charge in [0.2, 0.25) is 0 Å². The highest BCUT2D eigenvalue weighted by Gasteiger charge is 2.09. The van der Waals surface area contributed by atoms with Crippen molar-refractivity contribution < 1.29 is 9.13 Å². The molecular weight excluding hydrogens is 333 g/mol. The van der Waals surface area contributed by atoms with Gasteiger partial charge < -0.3 is 10.1 Å². The van der Waals surface area contributed by atoms with E-state index in [0.717, 1.165) is 23.4 Å². The Bertz CT molecular complexity index is 613. The molecule has 4 heteroatoms. The summed E-state index contributed by atoms with van der Waals surface area (Å²) in [5.74, 6) is 0.602. The van der Waals surface area contributed by atoms with Gasteiger partial charge in [-0.2, -0.15) is 0 Å². The molecule has 0 heterocycles. The zero-order valence-electron chi connectivity index (χ0n) is 12.4. The van der Waals surface area contributed by atoms with Crippen molar-refractivity contribution in [2.45, 2.75) is 26.3 Å². The maximum absolute atomic E-state index is 13.6. The first-order valence-corrected chi connectivity index (χ1v) is 7.64. The van der Waals surface area contributed by atoms with Gasteiger partial charge in [0.25, 0.3) is 0 Å². The summed E-state index contributed by atoms with van der Waals surface area (Å²) >= 11 is 3.20. The van der Waals surface area contributed by atoms with Gasteiger partial charge >= 0.3 is 0 Å². The van der Waals surface area contributed by atoms with Crippen LogP contribution in [0.1, 0.15) is 18.1 Å². The predicted octanol–water partition coefficient (Wildman–Crippen LogP) is 4.95. The van der Waals surface area contributed by atoms with Crippen molar-refractivity contribution in [2.24, 2.45) is 0 Å². The van der Waals surface area contributed by atoms with Gasteiger partial charge in [-0.05, 0) is 71.6 Å². The van der Waals surface area contributed by atoms with Gasteiger partial charge in [-0.1, -0.05) is 12.1 Å². The summed E-state index contributed by atoms with van der Waals surface area (Å²) in [6.07, 6.45) is 0.862. The zero-order chi connectivity index (χ0) is 15.4. The fourth-order valence-corrected chi connectivity index (χ4v) is 2.69. The Balaban J connectivity index is 2.04. The third kappa shape index (κ3) is 4.21. The zero-order valence-corrected chi connectivity index (χ0v) is 14.0. The lowest BCUT2D eigenvalue weighted by Gasteiger charge is -2.18. The van der Waals surface area contributed by atoms with Crippen LogP contribution in [0, 0.1) is 12.7 Å². The van der Waals surface area contributed by atoms with Crippen LogP contribution in [-0.2, 0) is 6.42 Å². The first-order valence-electron chi connectivity index (χ1n) is 6.84. The molecule has 2 rings (SSSR count). The molecule has 0 saturated carbocycles. The molecule has 0 radical (unpaired) electrons. The third-order valence-electron chi connectivity index (χ3n) is 3.37. The first-order chi connectivity index (χ1) is 9.99. The average Bonchev–Trinajstić information content (AvgIpc) is 2.45. The SMILES string of the molecule is COc1ccc(CC(C)Nc2cc(F)c(Br)cc2C)cc1. The van der Waals surface area contributed by atoms with E-state index >= 15 is 0 Å². The highest BCUT2D eigenvalue weighted by molar-refractivity contribution is 9.10. The fraction of sp³-hybridized carbons (Fsp3) is 0.294. The third-order valence-corrected chi connectivity index (χ3v) is 3.98. The maximum atomic E-state index is 13.6. The van der Waals surface area contributed by atoms with Crippen LogP contribution < -0.4 is 10.1 Å². The van der Waals surface area contributed by atoms with Gasteiger partial charge in [-0.3, -0.25) is 0 Å². The van der Waals surface area contributed by atoms with Crippen molar-refractivity contribution in [1.82, 2.24) is 0 Å². The summed E-state index contributed by atoms with van der Waals surface area (Å²) in [7, 11) is 1.66. The van der Waals surface area contributed by atoms with Crippen LogP contribution in [0.2, 0.25) is 0 Å². The number of hydrogen-bond donors (Lipinski definition) is 1. The number of methoxy groups -OCH3 is 1. The van der Waals surface area contributed by atoms with E-state index in [0.29, 0.717) is 4.47 Å². The van der Waals surface area contributed by atoms with Crippen molar-refractivity contribution in [3.05, 3.63) is 57.8 Å². The van der Waals surface area contributed by atoms with Crippen LogP contribution in [0.3, 0.4) is 0 Å². The predicted molar refractivity (Wildman–Crippen MR) is 88.6 cm³/mol. The molecule has 1 atom stereocenters. The number of ether oxygens (including phenoxy) is 1. The van der Waals surface area contributed by atoms with E-state index in [-0.39, 0.29) is 11.9 Å². The molecule has 112 valence electrons. The Morgan fingerprint density at radius 3 is 2.52 bits per heavy atom. The number of aryl methyl sites for hydroxylation is 1. The topological polar surface area (TPSA) is 21.3 Å². The normalized spacial score (nSPS) is 12.0. The summed E-state index contributed by atoms with van der Waals surface area (Å²) in [6, 6.07) is 11.5. The van der Waals surface area contributed by atoms with E-state index in [1.54, 1.807) is 13.2 Å². The van der Waals surface area contributed by atoms with E-state index in [1.807, 2.05) is 31.2 Å². The summed E-state index contributed by atoms with van der Waals surface area (Å²) in [4.78, 5) is 0. The van der Waals surface area contributed by atoms with Crippen LogP contribution in [0.5, 0.6) is 5.75 Å². The van der Waals surface area contributed by atoms with E-state index in [1.165, 1.54) is 11.6 Å². The number of rotatable bonds is 5. The van der Waals surface area contributed by atoms with Crippen molar-refractivity contribution in [3.8, 4) is 5.75 Å². The molecule has 0 amide bonds. The minimum atomic E-state index is -0.250. The van der Waals surface area contributed by atoms with Gasteiger partial charge in [0.1, 0.15) is 11.6 Å². The lowest BCUT2D eigenvalue weighted by molar-refractivity contribution is 0.414. The van der Waals surface area contributed by atoms with Crippen molar-refractivity contribution in [2.75, 3.05) is 12.4 Å². The summed E-state index contributed by atoms with van der Waals surface area (Å²) < 4.78 is 19.3. The van der Waals surface area contributed by atoms with Gasteiger partial charge in [-0.15, -0.1) is 0 Å². The molecule has 0 bridgehead atoms. The molecule has 0 spiro atoms. The molecular formula is C17H19BrFNO. The Labute approximate surface area is 133 Å². The Kier molecular flexibility index (Phi) is 5.23. The number of nitrogens with one attached hydrogen (secondary N) is 1. The van der Waals surface area contributed by atoms with Crippen LogP contribution in [0.4, 0.5) is 10.1 Å². The standard InChI is InChI=1S/C17H19BrFNO/c1-11-8-15(18)16(19)10-17(11)20-12(2)9-13-4-6-14(21-3)7-5-13/h4-8,10,12,20H,9H2,1-3H3. The lowest BCUT2D eigenvalue weighted by atomic mass is 10.1. The van der Waals surface area contributed by atoms with Crippen molar-refractivity contribution in [1.29, 1.82) is 0 Å². The molecule has 2 aromatic rings. The molecule has 0 aliphatic heterocycles. The quantitative estimate of drug-likeness (QED) is 0.822. The largest absolute Gasteiger partial charge is 0.497 e. The molecule has 0 saturated heterocycles. The molecule has 0 aliphatic carbocycles. The second-order valence-electron chi connectivity index (χ2n) is 5.18. The second kappa shape index (κ2) is 6.94. The van der Waals surface area contributed by atoms with Crippen LogP contribution >= 0.6 is 15.9 Å². The molecule has 1 unspecified atom stereocenters. The Morgan fingerprint density at radius 1 is 1.24 bits per heavy atom. The summed E-state index contributed by atoms with van der Waals surface area (Å²) in [5, 5.41) is 3.36. The van der Waals surface area contributed by atoms with Gasteiger partial charge in [0.15, 0.2) is 0 Å². The van der Waals surface area contributed by atoms with E-state index in [2.05, 4.69) is 28.2 Å². The molecule has 2 nitrogen and oxygen atoms in total. The molecule has 0 aliphatic rings. The van der Waals surface area contributed by atoms with Crippen molar-refractivity contribution >= 4 is 21.6 Å². The van der Waals surface area contributed by atoms with E-state index < -0.39 is 0 Å². The van der Waals surface area contributed by atoms with Gasteiger partial charge in [-0.25, -0.2) is 4.39 Å². The maximum Gasteiger partial charge on any atom is 0.139 e. The minimum Gasteiger partial charge on any atom is -0.497 e. The van der Waals surface area contributed by atoms with Crippen LogP contribution in [0.15, 0.2) is 40.9 Å². The number of halogens is 2. The lowest BCUT2D eigenvalue weighted by Crippen LogP contribution is -2.18. The van der Waals surface area contributed by atoms with Crippen LogP contribution in [-0.4, -0.2) is 13.2 Å². The Morgan fingerprint density at radius 2 is 1.90 bits per heavy atom. The Hall–Kier alpha value is -1.55. The summed E-state index contributed by atoms with van der Waals surface area (Å²) in [5.41, 5.74) is 3.06. The number of hydrogen-bond acceptors (Lipinski definition) is 2. The van der Waals surface area contributed by atoms with E-state index in [9.17, 15) is 4.39 Å². The number of benzene rings is 2. The van der Waals surface area contributed by atoms with Gasteiger partial charge in [0, 0.05) is 11.7 Å².